The summed E-state index contributed by atoms with van der Waals surface area (Å²) in [4.78, 5) is 15.7. The van der Waals surface area contributed by atoms with Gasteiger partial charge in [-0.1, -0.05) is 78.0 Å². The van der Waals surface area contributed by atoms with Crippen LogP contribution in [0.4, 0.5) is 11.4 Å². The van der Waals surface area contributed by atoms with Gasteiger partial charge in [0.2, 0.25) is 0 Å². The standard InChI is InChI=1S/C32H32N4O3S/c37-32(31(34-38)23-24-7-3-1-4-8-24)33-27-13-15-29(16-14-27)36-21-19-28(20-22-36)35-40(39)30-17-11-26(12-18-30)25-9-5-2-6-10-25/h1-18,28,35,38H,19-23H2,(H,33,37)/b34-31+. The van der Waals surface area contributed by atoms with Gasteiger partial charge in [0, 0.05) is 36.9 Å². The Bertz CT molecular complexity index is 1450. The van der Waals surface area contributed by atoms with Crippen LogP contribution in [0.1, 0.15) is 18.4 Å². The Labute approximate surface area is 237 Å². The summed E-state index contributed by atoms with van der Waals surface area (Å²) >= 11 is 0. The van der Waals surface area contributed by atoms with Gasteiger partial charge in [-0.2, -0.15) is 0 Å². The van der Waals surface area contributed by atoms with Crippen LogP contribution >= 0.6 is 0 Å². The fraction of sp³-hybridized carbons (Fsp3) is 0.188. The van der Waals surface area contributed by atoms with Crippen molar-refractivity contribution in [3.05, 3.63) is 115 Å². The van der Waals surface area contributed by atoms with Crippen LogP contribution in [0.25, 0.3) is 11.1 Å². The first kappa shape index (κ1) is 27.3. The fourth-order valence-electron chi connectivity index (χ4n) is 4.79. The van der Waals surface area contributed by atoms with E-state index in [0.29, 0.717) is 5.69 Å². The molecule has 1 aliphatic heterocycles. The molecule has 1 atom stereocenters. The smallest absolute Gasteiger partial charge is 0.273 e. The molecular formula is C32H32N4O3S. The Kier molecular flexibility index (Phi) is 9.00. The van der Waals surface area contributed by atoms with Crippen molar-refractivity contribution in [3.63, 3.8) is 0 Å². The number of carbonyl (C=O) groups excluding carboxylic acids is 1. The maximum Gasteiger partial charge on any atom is 0.273 e. The summed E-state index contributed by atoms with van der Waals surface area (Å²) in [5.74, 6) is -0.436. The topological polar surface area (TPSA) is 94.0 Å². The summed E-state index contributed by atoms with van der Waals surface area (Å²) in [6.45, 7) is 1.68. The maximum absolute atomic E-state index is 12.9. The fourth-order valence-corrected chi connectivity index (χ4v) is 5.84. The van der Waals surface area contributed by atoms with E-state index in [1.165, 1.54) is 0 Å². The van der Waals surface area contributed by atoms with Gasteiger partial charge in [0.25, 0.3) is 5.91 Å². The summed E-state index contributed by atoms with van der Waals surface area (Å²) in [5, 5.41) is 15.4. The third kappa shape index (κ3) is 7.02. The van der Waals surface area contributed by atoms with Gasteiger partial charge in [-0.25, -0.2) is 8.93 Å². The van der Waals surface area contributed by atoms with Crippen LogP contribution in [0.5, 0.6) is 0 Å². The van der Waals surface area contributed by atoms with Crippen molar-refractivity contribution < 1.29 is 14.2 Å². The van der Waals surface area contributed by atoms with Gasteiger partial charge in [0.1, 0.15) is 16.7 Å². The lowest BCUT2D eigenvalue weighted by Gasteiger charge is -2.33. The van der Waals surface area contributed by atoms with Crippen molar-refractivity contribution in [2.24, 2.45) is 5.16 Å². The normalized spacial score (nSPS) is 15.0. The Morgan fingerprint density at radius 3 is 2.05 bits per heavy atom. The number of rotatable bonds is 9. The lowest BCUT2D eigenvalue weighted by atomic mass is 10.1. The van der Waals surface area contributed by atoms with Crippen LogP contribution in [0.2, 0.25) is 0 Å². The summed E-state index contributed by atoms with van der Waals surface area (Å²) in [6, 6.07) is 35.3. The molecule has 0 aliphatic carbocycles. The number of nitrogens with one attached hydrogen (secondary N) is 2. The van der Waals surface area contributed by atoms with Crippen LogP contribution < -0.4 is 14.9 Å². The molecule has 204 valence electrons. The molecule has 0 aromatic heterocycles. The molecule has 5 rings (SSSR count). The minimum atomic E-state index is -1.26. The lowest BCUT2D eigenvalue weighted by molar-refractivity contribution is -0.110. The van der Waals surface area contributed by atoms with E-state index in [1.807, 2.05) is 97.1 Å². The highest BCUT2D eigenvalue weighted by atomic mass is 32.2. The highest BCUT2D eigenvalue weighted by Crippen LogP contribution is 2.24. The van der Waals surface area contributed by atoms with Gasteiger partial charge in [0.05, 0.1) is 4.90 Å². The number of amides is 1. The van der Waals surface area contributed by atoms with Crippen molar-refractivity contribution in [1.82, 2.24) is 4.72 Å². The van der Waals surface area contributed by atoms with E-state index in [2.05, 4.69) is 32.2 Å². The third-order valence-electron chi connectivity index (χ3n) is 7.03. The molecule has 1 amide bonds. The van der Waals surface area contributed by atoms with Gasteiger partial charge in [-0.3, -0.25) is 4.79 Å². The molecule has 1 heterocycles. The van der Waals surface area contributed by atoms with E-state index in [4.69, 9.17) is 0 Å². The summed E-state index contributed by atoms with van der Waals surface area (Å²) in [6.07, 6.45) is 2.00. The summed E-state index contributed by atoms with van der Waals surface area (Å²) in [7, 11) is -1.26. The molecule has 1 unspecified atom stereocenters. The van der Waals surface area contributed by atoms with Gasteiger partial charge in [-0.05, 0) is 65.9 Å². The number of piperidine rings is 1. The quantitative estimate of drug-likeness (QED) is 0.142. The zero-order valence-corrected chi connectivity index (χ0v) is 22.9. The van der Waals surface area contributed by atoms with Gasteiger partial charge >= 0.3 is 0 Å². The molecule has 0 radical (unpaired) electrons. The average molecular weight is 553 g/mol. The van der Waals surface area contributed by atoms with Crippen molar-refractivity contribution in [1.29, 1.82) is 0 Å². The van der Waals surface area contributed by atoms with Crippen LogP contribution in [0.3, 0.4) is 0 Å². The molecule has 4 aromatic rings. The maximum atomic E-state index is 12.9. The van der Waals surface area contributed by atoms with E-state index in [0.717, 1.165) is 53.2 Å². The molecule has 0 bridgehead atoms. The molecule has 0 saturated carbocycles. The molecule has 3 N–H and O–H groups in total. The number of hydrogen-bond acceptors (Lipinski definition) is 5. The molecular weight excluding hydrogens is 520 g/mol. The second kappa shape index (κ2) is 13.2. The monoisotopic (exact) mass is 552 g/mol. The highest BCUT2D eigenvalue weighted by molar-refractivity contribution is 7.83. The Morgan fingerprint density at radius 2 is 1.43 bits per heavy atom. The van der Waals surface area contributed by atoms with E-state index in [-0.39, 0.29) is 18.2 Å². The molecule has 0 spiro atoms. The first-order valence-corrected chi connectivity index (χ1v) is 14.5. The van der Waals surface area contributed by atoms with E-state index in [9.17, 15) is 14.2 Å². The Balaban J connectivity index is 1.10. The van der Waals surface area contributed by atoms with Crippen LogP contribution in [-0.4, -0.2) is 40.2 Å². The summed E-state index contributed by atoms with van der Waals surface area (Å²) in [5.41, 5.74) is 4.89. The van der Waals surface area contributed by atoms with Crippen LogP contribution in [-0.2, 0) is 22.2 Å². The molecule has 1 aliphatic rings. The summed E-state index contributed by atoms with van der Waals surface area (Å²) < 4.78 is 16.2. The second-order valence-electron chi connectivity index (χ2n) is 9.75. The van der Waals surface area contributed by atoms with Gasteiger partial charge in [-0.15, -0.1) is 0 Å². The SMILES string of the molecule is O=C(Nc1ccc(N2CCC(NS(=O)c3ccc(-c4ccccc4)cc3)CC2)cc1)/C(Cc1ccccc1)=N/O. The van der Waals surface area contributed by atoms with Crippen LogP contribution in [0.15, 0.2) is 119 Å². The Morgan fingerprint density at radius 1 is 0.825 bits per heavy atom. The predicted octanol–water partition coefficient (Wildman–Crippen LogP) is 5.65. The van der Waals surface area contributed by atoms with Crippen molar-refractivity contribution in [2.45, 2.75) is 30.2 Å². The van der Waals surface area contributed by atoms with Crippen LogP contribution in [0, 0.1) is 0 Å². The molecule has 1 saturated heterocycles. The highest BCUT2D eigenvalue weighted by Gasteiger charge is 2.21. The molecule has 4 aromatic carbocycles. The number of carbonyl (C=O) groups is 1. The predicted molar refractivity (Wildman–Crippen MR) is 161 cm³/mol. The number of anilines is 2. The number of hydrogen-bond donors (Lipinski definition) is 3. The minimum absolute atomic E-state index is 0.0503. The second-order valence-corrected chi connectivity index (χ2v) is 11.0. The van der Waals surface area contributed by atoms with Crippen molar-refractivity contribution >= 4 is 34.0 Å². The Hall–Kier alpha value is -4.27. The number of benzene rings is 4. The average Bonchev–Trinajstić information content (AvgIpc) is 3.01. The third-order valence-corrected chi connectivity index (χ3v) is 8.28. The molecule has 40 heavy (non-hydrogen) atoms. The van der Waals surface area contributed by atoms with Crippen molar-refractivity contribution in [2.75, 3.05) is 23.3 Å². The molecule has 8 heteroatoms. The molecule has 1 fully saturated rings. The van der Waals surface area contributed by atoms with Gasteiger partial charge in [0.15, 0.2) is 0 Å². The minimum Gasteiger partial charge on any atom is -0.410 e. The van der Waals surface area contributed by atoms with Crippen molar-refractivity contribution in [3.8, 4) is 11.1 Å². The first-order chi connectivity index (χ1) is 19.6. The van der Waals surface area contributed by atoms with E-state index < -0.39 is 16.9 Å². The lowest BCUT2D eigenvalue weighted by Crippen LogP contribution is -2.43. The molecule has 7 nitrogen and oxygen atoms in total. The zero-order valence-electron chi connectivity index (χ0n) is 22.1. The first-order valence-electron chi connectivity index (χ1n) is 13.3. The van der Waals surface area contributed by atoms with E-state index in [1.54, 1.807) is 0 Å². The largest absolute Gasteiger partial charge is 0.410 e. The van der Waals surface area contributed by atoms with E-state index >= 15 is 0 Å². The zero-order chi connectivity index (χ0) is 27.7. The number of oxime groups is 1. The van der Waals surface area contributed by atoms with Gasteiger partial charge < -0.3 is 15.4 Å². The number of nitrogens with zero attached hydrogens (tertiary/aromatic N) is 2.